The maximum Gasteiger partial charge on any atom is 0.253 e. The maximum absolute atomic E-state index is 12.7. The molecule has 8 heteroatoms. The molecule has 0 saturated heterocycles. The summed E-state index contributed by atoms with van der Waals surface area (Å²) in [5.74, 6) is -0.315. The van der Waals surface area contributed by atoms with Crippen LogP contribution in [0.15, 0.2) is 41.4 Å². The van der Waals surface area contributed by atoms with Crippen molar-refractivity contribution in [2.45, 2.75) is 44.0 Å². The molecule has 28 heavy (non-hydrogen) atoms. The quantitative estimate of drug-likeness (QED) is 0.761. The van der Waals surface area contributed by atoms with Gasteiger partial charge in [-0.05, 0) is 43.3 Å². The molecule has 2 atom stereocenters. The number of hydrogen-bond donors (Lipinski definition) is 2. The number of nitrogens with zero attached hydrogens (tertiary/aromatic N) is 2. The molecule has 0 fully saturated rings. The lowest BCUT2D eigenvalue weighted by Crippen LogP contribution is -2.35. The number of rotatable bonds is 6. The van der Waals surface area contributed by atoms with Gasteiger partial charge in [-0.2, -0.15) is 0 Å². The average Bonchev–Trinajstić information content (AvgIpc) is 3.04. The molecule has 0 radical (unpaired) electrons. The minimum Gasteiger partial charge on any atom is -0.391 e. The molecule has 0 saturated carbocycles. The van der Waals surface area contributed by atoms with Crippen molar-refractivity contribution in [3.63, 3.8) is 0 Å². The molecule has 2 heterocycles. The SMILES string of the molecule is CCS(=O)(=O)c1ccc(C(NC(=O)c2cnc3c(c2)CN(C)C3)C(C)O)cc1. The van der Waals surface area contributed by atoms with Crippen LogP contribution in [0.1, 0.15) is 47.1 Å². The van der Waals surface area contributed by atoms with Crippen LogP contribution in [0.25, 0.3) is 0 Å². The van der Waals surface area contributed by atoms with Crippen LogP contribution in [-0.2, 0) is 22.9 Å². The monoisotopic (exact) mass is 403 g/mol. The predicted octanol–water partition coefficient (Wildman–Crippen LogP) is 1.67. The summed E-state index contributed by atoms with van der Waals surface area (Å²) in [4.78, 5) is 19.4. The van der Waals surface area contributed by atoms with E-state index in [1.54, 1.807) is 32.2 Å². The number of nitrogens with one attached hydrogen (secondary N) is 1. The second-order valence-corrected chi connectivity index (χ2v) is 9.44. The Morgan fingerprint density at radius 3 is 2.57 bits per heavy atom. The fourth-order valence-corrected chi connectivity index (χ4v) is 4.18. The summed E-state index contributed by atoms with van der Waals surface area (Å²) in [6, 6.07) is 7.41. The van der Waals surface area contributed by atoms with E-state index < -0.39 is 22.0 Å². The van der Waals surface area contributed by atoms with Gasteiger partial charge in [-0.1, -0.05) is 19.1 Å². The molecule has 3 rings (SSSR count). The maximum atomic E-state index is 12.7. The van der Waals surface area contributed by atoms with Gasteiger partial charge in [0, 0.05) is 19.3 Å². The first-order valence-corrected chi connectivity index (χ1v) is 10.8. The summed E-state index contributed by atoms with van der Waals surface area (Å²) in [5, 5.41) is 13.0. The number of aliphatic hydroxyl groups excluding tert-OH is 1. The lowest BCUT2D eigenvalue weighted by Gasteiger charge is -2.22. The van der Waals surface area contributed by atoms with E-state index in [0.717, 1.165) is 24.3 Å². The Kier molecular flexibility index (Phi) is 5.83. The molecule has 1 aromatic carbocycles. The van der Waals surface area contributed by atoms with Gasteiger partial charge in [0.1, 0.15) is 0 Å². The highest BCUT2D eigenvalue weighted by atomic mass is 32.2. The summed E-state index contributed by atoms with van der Waals surface area (Å²) >= 11 is 0. The molecule has 0 spiro atoms. The highest BCUT2D eigenvalue weighted by Gasteiger charge is 2.23. The van der Waals surface area contributed by atoms with Crippen molar-refractivity contribution in [1.82, 2.24) is 15.2 Å². The van der Waals surface area contributed by atoms with Gasteiger partial charge < -0.3 is 10.4 Å². The second-order valence-electron chi connectivity index (χ2n) is 7.17. The van der Waals surface area contributed by atoms with Gasteiger partial charge in [0.2, 0.25) is 0 Å². The van der Waals surface area contributed by atoms with Crippen molar-refractivity contribution in [3.05, 3.63) is 58.9 Å². The summed E-state index contributed by atoms with van der Waals surface area (Å²) < 4.78 is 23.9. The van der Waals surface area contributed by atoms with E-state index in [1.807, 2.05) is 13.1 Å². The van der Waals surface area contributed by atoms with Crippen LogP contribution in [0.2, 0.25) is 0 Å². The van der Waals surface area contributed by atoms with Crippen molar-refractivity contribution < 1.29 is 18.3 Å². The normalized spacial score (nSPS) is 16.4. The Balaban J connectivity index is 1.80. The molecule has 1 aromatic heterocycles. The molecule has 1 aliphatic heterocycles. The highest BCUT2D eigenvalue weighted by Crippen LogP contribution is 2.23. The molecule has 2 unspecified atom stereocenters. The van der Waals surface area contributed by atoms with E-state index in [1.165, 1.54) is 12.1 Å². The molecule has 1 aliphatic rings. The Morgan fingerprint density at radius 2 is 1.96 bits per heavy atom. The molecule has 150 valence electrons. The van der Waals surface area contributed by atoms with Gasteiger partial charge in [-0.15, -0.1) is 0 Å². The number of sulfone groups is 1. The molecule has 7 nitrogen and oxygen atoms in total. The van der Waals surface area contributed by atoms with Crippen LogP contribution in [0.3, 0.4) is 0 Å². The summed E-state index contributed by atoms with van der Waals surface area (Å²) in [7, 11) is -1.31. The molecular formula is C20H25N3O4S. The van der Waals surface area contributed by atoms with E-state index in [0.29, 0.717) is 11.1 Å². The first-order chi connectivity index (χ1) is 13.2. The van der Waals surface area contributed by atoms with Crippen molar-refractivity contribution in [1.29, 1.82) is 0 Å². The zero-order valence-corrected chi connectivity index (χ0v) is 17.0. The lowest BCUT2D eigenvalue weighted by molar-refractivity contribution is 0.0857. The van der Waals surface area contributed by atoms with E-state index in [2.05, 4.69) is 15.2 Å². The molecule has 0 aliphatic carbocycles. The zero-order chi connectivity index (χ0) is 20.5. The Morgan fingerprint density at radius 1 is 1.29 bits per heavy atom. The number of hydrogen-bond acceptors (Lipinski definition) is 6. The zero-order valence-electron chi connectivity index (χ0n) is 16.2. The van der Waals surface area contributed by atoms with Crippen LogP contribution >= 0.6 is 0 Å². The average molecular weight is 404 g/mol. The minimum atomic E-state index is -3.30. The van der Waals surface area contributed by atoms with Crippen molar-refractivity contribution >= 4 is 15.7 Å². The van der Waals surface area contributed by atoms with Crippen LogP contribution in [0.5, 0.6) is 0 Å². The van der Waals surface area contributed by atoms with Gasteiger partial charge in [0.25, 0.3) is 5.91 Å². The third-order valence-electron chi connectivity index (χ3n) is 4.93. The fraction of sp³-hybridized carbons (Fsp3) is 0.400. The van der Waals surface area contributed by atoms with Crippen molar-refractivity contribution in [3.8, 4) is 0 Å². The van der Waals surface area contributed by atoms with Gasteiger partial charge >= 0.3 is 0 Å². The molecule has 2 N–H and O–H groups in total. The van der Waals surface area contributed by atoms with Crippen LogP contribution < -0.4 is 5.32 Å². The standard InChI is InChI=1S/C20H25N3O4S/c1-4-28(26,27)17-7-5-14(6-8-17)19(13(2)24)22-20(25)15-9-16-11-23(3)12-18(16)21-10-15/h5-10,13,19,24H,4,11-12H2,1-3H3,(H,22,25). The number of pyridine rings is 1. The number of aliphatic hydroxyl groups is 1. The molecule has 1 amide bonds. The second kappa shape index (κ2) is 7.98. The van der Waals surface area contributed by atoms with Crippen LogP contribution in [-0.4, -0.2) is 48.2 Å². The summed E-state index contributed by atoms with van der Waals surface area (Å²) in [6.45, 7) is 4.68. The third kappa shape index (κ3) is 4.24. The number of amides is 1. The van der Waals surface area contributed by atoms with Gasteiger partial charge in [-0.25, -0.2) is 8.42 Å². The van der Waals surface area contributed by atoms with E-state index in [-0.39, 0.29) is 16.6 Å². The van der Waals surface area contributed by atoms with Gasteiger partial charge in [-0.3, -0.25) is 14.7 Å². The molecule has 0 bridgehead atoms. The van der Waals surface area contributed by atoms with Crippen LogP contribution in [0, 0.1) is 0 Å². The number of carbonyl (C=O) groups excluding carboxylic acids is 1. The first-order valence-electron chi connectivity index (χ1n) is 9.19. The Labute approximate surface area is 165 Å². The number of fused-ring (bicyclic) bond motifs is 1. The Bertz CT molecular complexity index is 971. The number of carbonyl (C=O) groups is 1. The van der Waals surface area contributed by atoms with Gasteiger partial charge in [0.15, 0.2) is 9.84 Å². The molecular weight excluding hydrogens is 378 g/mol. The van der Waals surface area contributed by atoms with Crippen LogP contribution in [0.4, 0.5) is 0 Å². The van der Waals surface area contributed by atoms with Crippen molar-refractivity contribution in [2.75, 3.05) is 12.8 Å². The smallest absolute Gasteiger partial charge is 0.253 e. The predicted molar refractivity (Wildman–Crippen MR) is 105 cm³/mol. The minimum absolute atomic E-state index is 0.0173. The largest absolute Gasteiger partial charge is 0.391 e. The summed E-state index contributed by atoms with van der Waals surface area (Å²) in [5.41, 5.74) is 3.06. The Hall–Kier alpha value is -2.29. The summed E-state index contributed by atoms with van der Waals surface area (Å²) in [6.07, 6.45) is 0.690. The van der Waals surface area contributed by atoms with E-state index in [9.17, 15) is 18.3 Å². The van der Waals surface area contributed by atoms with E-state index in [4.69, 9.17) is 0 Å². The highest BCUT2D eigenvalue weighted by molar-refractivity contribution is 7.91. The lowest BCUT2D eigenvalue weighted by atomic mass is 10.0. The number of benzene rings is 1. The first kappa shape index (κ1) is 20.4. The molecule has 2 aromatic rings. The van der Waals surface area contributed by atoms with E-state index >= 15 is 0 Å². The van der Waals surface area contributed by atoms with Gasteiger partial charge in [0.05, 0.1) is 34.1 Å². The fourth-order valence-electron chi connectivity index (χ4n) is 3.30. The third-order valence-corrected chi connectivity index (χ3v) is 6.68. The number of aromatic nitrogens is 1. The topological polar surface area (TPSA) is 99.6 Å². The van der Waals surface area contributed by atoms with Crippen molar-refractivity contribution in [2.24, 2.45) is 0 Å².